The Hall–Kier alpha value is -1.75. The fourth-order valence-corrected chi connectivity index (χ4v) is 1.31. The number of anilines is 1. The number of nitrogens with two attached hydrogens (primary N) is 1. The molecule has 1 aromatic heterocycles. The lowest BCUT2D eigenvalue weighted by Gasteiger charge is -2.08. The molecular formula is C12H13BrN2O2. The van der Waals surface area contributed by atoms with Crippen LogP contribution in [0.25, 0.3) is 0 Å². The summed E-state index contributed by atoms with van der Waals surface area (Å²) in [4.78, 5) is 16.8. The molecule has 0 aliphatic heterocycles. The third-order valence-electron chi connectivity index (χ3n) is 2.16. The van der Waals surface area contributed by atoms with Crippen molar-refractivity contribution >= 4 is 5.69 Å². The monoisotopic (exact) mass is 296 g/mol. The first kappa shape index (κ1) is 13.3. The third kappa shape index (κ3) is 3.35. The van der Waals surface area contributed by atoms with Gasteiger partial charge >= 0.3 is 6.99 Å². The standard InChI is InChI=1S/C12H12N2O2.BrH/c13-11-7-4-8-14(12(11)15)16-9-10-5-2-1-3-6-10;/h1-8H,9,13H2;1H. The van der Waals surface area contributed by atoms with E-state index in [1.54, 1.807) is 18.3 Å². The molecule has 0 radical (unpaired) electrons. The Balaban J connectivity index is 0.00000144. The van der Waals surface area contributed by atoms with Crippen LogP contribution in [0.1, 0.15) is 6.99 Å². The summed E-state index contributed by atoms with van der Waals surface area (Å²) in [5.74, 6) is 0. The highest BCUT2D eigenvalue weighted by Gasteiger charge is 1.99. The highest BCUT2D eigenvalue weighted by atomic mass is 79.9. The zero-order chi connectivity index (χ0) is 11.4. The van der Waals surface area contributed by atoms with Crippen LogP contribution in [0.2, 0.25) is 0 Å². The fourth-order valence-electron chi connectivity index (χ4n) is 1.31. The average Bonchev–Trinajstić information content (AvgIpc) is 2.32. The van der Waals surface area contributed by atoms with E-state index in [9.17, 15) is 4.79 Å². The van der Waals surface area contributed by atoms with Crippen molar-refractivity contribution in [2.45, 2.75) is 6.61 Å². The van der Waals surface area contributed by atoms with Gasteiger partial charge in [-0.15, -0.1) is 0 Å². The molecule has 0 atom stereocenters. The Kier molecular flexibility index (Phi) is 4.78. The molecule has 0 aliphatic rings. The predicted molar refractivity (Wildman–Crippen MR) is 63.0 cm³/mol. The smallest absolute Gasteiger partial charge is 1.00 e. The van der Waals surface area contributed by atoms with Crippen molar-refractivity contribution in [1.29, 1.82) is 0 Å². The van der Waals surface area contributed by atoms with Crippen LogP contribution < -0.4 is 33.1 Å². The molecule has 0 fully saturated rings. The maximum atomic E-state index is 11.5. The van der Waals surface area contributed by atoms with Crippen molar-refractivity contribution in [3.8, 4) is 0 Å². The molecular weight excluding hydrogens is 284 g/mol. The second-order valence-electron chi connectivity index (χ2n) is 3.35. The summed E-state index contributed by atoms with van der Waals surface area (Å²) in [5.41, 5.74) is 6.31. The number of nitrogens with zero attached hydrogens (tertiary/aromatic N) is 1. The van der Waals surface area contributed by atoms with Crippen molar-refractivity contribution < 1.29 is 23.2 Å². The molecule has 90 valence electrons. The fraction of sp³-hybridized carbons (Fsp3) is 0.0833. The Bertz CT molecular complexity index is 531. The van der Waals surface area contributed by atoms with Crippen molar-refractivity contribution in [2.75, 3.05) is 5.73 Å². The van der Waals surface area contributed by atoms with Crippen molar-refractivity contribution in [3.05, 3.63) is 64.6 Å². The van der Waals surface area contributed by atoms with Gasteiger partial charge in [0.2, 0.25) is 0 Å². The van der Waals surface area contributed by atoms with Gasteiger partial charge in [-0.3, -0.25) is 4.79 Å². The normalized spacial score (nSPS) is 9.41. The molecule has 0 unspecified atom stereocenters. The third-order valence-corrected chi connectivity index (χ3v) is 2.16. The summed E-state index contributed by atoms with van der Waals surface area (Å²) in [5, 5.41) is 0. The number of hydrogen-bond donors (Lipinski definition) is 1. The minimum absolute atomic E-state index is 0. The molecule has 1 heterocycles. The van der Waals surface area contributed by atoms with Gasteiger partial charge in [0.25, 0.3) is 0 Å². The van der Waals surface area contributed by atoms with Gasteiger partial charge in [0.15, 0.2) is 0 Å². The molecule has 0 saturated heterocycles. The van der Waals surface area contributed by atoms with E-state index in [0.717, 1.165) is 10.3 Å². The summed E-state index contributed by atoms with van der Waals surface area (Å²) in [6.07, 6.45) is 1.54. The highest BCUT2D eigenvalue weighted by Crippen LogP contribution is 1.98. The molecule has 17 heavy (non-hydrogen) atoms. The highest BCUT2D eigenvalue weighted by molar-refractivity contribution is 5.33. The van der Waals surface area contributed by atoms with E-state index < -0.39 is 0 Å². The van der Waals surface area contributed by atoms with Gasteiger partial charge in [0, 0.05) is 6.20 Å². The molecule has 4 nitrogen and oxygen atoms in total. The number of aromatic nitrogens is 1. The number of halogens is 1. The number of rotatable bonds is 3. The maximum absolute atomic E-state index is 11.5. The van der Waals surface area contributed by atoms with Crippen molar-refractivity contribution in [2.24, 2.45) is 0 Å². The number of hydrogen-bond acceptors (Lipinski definition) is 3. The quantitative estimate of drug-likeness (QED) is 0.725. The lowest BCUT2D eigenvalue weighted by molar-refractivity contribution is -0.00000382. The van der Waals surface area contributed by atoms with E-state index in [1.807, 2.05) is 30.3 Å². The largest absolute Gasteiger partial charge is 1.00 e. The predicted octanol–water partition coefficient (Wildman–Crippen LogP) is -1.82. The molecule has 2 aromatic rings. The summed E-state index contributed by atoms with van der Waals surface area (Å²) in [6.45, 7) is 0.337. The van der Waals surface area contributed by atoms with Crippen LogP contribution in [0.5, 0.6) is 0 Å². The second kappa shape index (κ2) is 6.10. The molecule has 0 bridgehead atoms. The van der Waals surface area contributed by atoms with Gasteiger partial charge in [0.05, 0.1) is 0 Å². The minimum Gasteiger partial charge on any atom is -1.00 e. The summed E-state index contributed by atoms with van der Waals surface area (Å²) in [6, 6.07) is 12.8. The Morgan fingerprint density at radius 3 is 2.59 bits per heavy atom. The van der Waals surface area contributed by atoms with Crippen molar-refractivity contribution in [1.82, 2.24) is 4.73 Å². The van der Waals surface area contributed by atoms with Gasteiger partial charge < -0.3 is 27.6 Å². The first-order chi connectivity index (χ1) is 7.77. The topological polar surface area (TPSA) is 57.2 Å². The van der Waals surface area contributed by atoms with Crippen LogP contribution in [-0.2, 0) is 6.61 Å². The first-order valence-corrected chi connectivity index (χ1v) is 4.92. The summed E-state index contributed by atoms with van der Waals surface area (Å²) < 4.78 is 1.14. The molecule has 0 amide bonds. The summed E-state index contributed by atoms with van der Waals surface area (Å²) in [7, 11) is 0. The lowest BCUT2D eigenvalue weighted by atomic mass is 10.2. The van der Waals surface area contributed by atoms with Crippen LogP contribution in [0, 0.1) is 0 Å². The lowest BCUT2D eigenvalue weighted by Crippen LogP contribution is -3.00. The molecule has 5 heteroatoms. The van der Waals surface area contributed by atoms with Crippen LogP contribution in [0.4, 0.5) is 5.69 Å². The molecule has 1 aromatic carbocycles. The number of pyridine rings is 1. The Morgan fingerprint density at radius 1 is 1.18 bits per heavy atom. The van der Waals surface area contributed by atoms with Gasteiger partial charge in [0.1, 0.15) is 12.3 Å². The zero-order valence-corrected chi connectivity index (χ0v) is 10.6. The van der Waals surface area contributed by atoms with Gasteiger partial charge in [-0.1, -0.05) is 30.3 Å². The molecule has 0 saturated carbocycles. The van der Waals surface area contributed by atoms with Gasteiger partial charge in [-0.25, -0.2) is 0 Å². The van der Waals surface area contributed by atoms with E-state index in [-0.39, 0.29) is 29.7 Å². The molecule has 0 spiro atoms. The van der Waals surface area contributed by atoms with Crippen LogP contribution in [0.3, 0.4) is 0 Å². The molecule has 2 N–H and O–H groups in total. The minimum atomic E-state index is -0.335. The Morgan fingerprint density at radius 2 is 1.88 bits per heavy atom. The van der Waals surface area contributed by atoms with Crippen LogP contribution in [0.15, 0.2) is 53.5 Å². The molecule has 0 aliphatic carbocycles. The van der Waals surface area contributed by atoms with E-state index in [2.05, 4.69) is 0 Å². The van der Waals surface area contributed by atoms with Crippen LogP contribution in [-0.4, -0.2) is 4.73 Å². The average molecular weight is 297 g/mol. The van der Waals surface area contributed by atoms with E-state index in [0.29, 0.717) is 6.61 Å². The zero-order valence-electron chi connectivity index (χ0n) is 10.0. The van der Waals surface area contributed by atoms with Gasteiger partial charge in [-0.2, -0.15) is 4.73 Å². The Labute approximate surface area is 111 Å². The van der Waals surface area contributed by atoms with Gasteiger partial charge in [-0.05, 0) is 17.7 Å². The maximum Gasteiger partial charge on any atom is 1.00 e. The molecule has 2 rings (SSSR count). The number of nitrogen functional groups attached to an aromatic ring is 1. The number of benzene rings is 1. The van der Waals surface area contributed by atoms with E-state index >= 15 is 0 Å². The van der Waals surface area contributed by atoms with E-state index in [1.165, 1.54) is 0 Å². The second-order valence-corrected chi connectivity index (χ2v) is 3.35. The first-order valence-electron chi connectivity index (χ1n) is 4.92. The SMILES string of the molecule is Nc1cccn(OCc2ccccc2)c1=O.[Br-].[H+]. The summed E-state index contributed by atoms with van der Waals surface area (Å²) >= 11 is 0. The van der Waals surface area contributed by atoms with Crippen LogP contribution >= 0.6 is 0 Å². The van der Waals surface area contributed by atoms with E-state index in [4.69, 9.17) is 10.6 Å². The van der Waals surface area contributed by atoms with Crippen molar-refractivity contribution in [3.63, 3.8) is 0 Å².